The van der Waals surface area contributed by atoms with Crippen LogP contribution in [0.25, 0.3) is 0 Å². The number of halogens is 3. The van der Waals surface area contributed by atoms with Gasteiger partial charge in [0.05, 0.1) is 5.56 Å². The van der Waals surface area contributed by atoms with Crippen molar-refractivity contribution in [3.63, 3.8) is 0 Å². The number of likely N-dealkylation sites (N-methyl/N-ethyl adjacent to an activating group) is 1. The third-order valence-electron chi connectivity index (χ3n) is 3.04. The van der Waals surface area contributed by atoms with E-state index in [2.05, 4.69) is 10.3 Å². The number of carbonyl (C=O) groups excluding carboxylic acids is 1. The van der Waals surface area contributed by atoms with Gasteiger partial charge in [-0.3, -0.25) is 10.2 Å². The first-order valence-electron chi connectivity index (χ1n) is 5.87. The molecule has 1 amide bonds. The molecule has 0 atom stereocenters. The fourth-order valence-electron chi connectivity index (χ4n) is 1.82. The van der Waals surface area contributed by atoms with Gasteiger partial charge in [-0.2, -0.15) is 0 Å². The fourth-order valence-corrected chi connectivity index (χ4v) is 1.82. The highest BCUT2D eigenvalue weighted by atomic mass is 19.2. The van der Waals surface area contributed by atoms with Crippen LogP contribution in [-0.2, 0) is 0 Å². The zero-order valence-electron chi connectivity index (χ0n) is 10.4. The van der Waals surface area contributed by atoms with Gasteiger partial charge in [0.15, 0.2) is 17.5 Å². The molecule has 0 aromatic heterocycles. The highest BCUT2D eigenvalue weighted by Crippen LogP contribution is 2.15. The molecule has 0 bridgehead atoms. The van der Waals surface area contributed by atoms with Crippen molar-refractivity contribution in [3.05, 3.63) is 35.1 Å². The number of benzene rings is 1. The number of nitrogens with zero attached hydrogens (tertiary/aromatic N) is 2. The van der Waals surface area contributed by atoms with Crippen LogP contribution in [0, 0.1) is 17.5 Å². The molecule has 0 aliphatic carbocycles. The molecule has 1 aliphatic rings. The lowest BCUT2D eigenvalue weighted by Crippen LogP contribution is -2.52. The van der Waals surface area contributed by atoms with E-state index >= 15 is 0 Å². The third kappa shape index (κ3) is 3.05. The molecule has 1 heterocycles. The summed E-state index contributed by atoms with van der Waals surface area (Å²) in [4.78, 5) is 13.9. The number of nitrogens with one attached hydrogen (secondary N) is 1. The molecule has 1 fully saturated rings. The van der Waals surface area contributed by atoms with Crippen molar-refractivity contribution in [1.29, 1.82) is 0 Å². The molecule has 0 saturated carbocycles. The Hall–Kier alpha value is -1.60. The zero-order valence-corrected chi connectivity index (χ0v) is 10.4. The van der Waals surface area contributed by atoms with Crippen LogP contribution in [0.2, 0.25) is 0 Å². The van der Waals surface area contributed by atoms with Crippen molar-refractivity contribution in [2.45, 2.75) is 0 Å². The fraction of sp³-hybridized carbons (Fsp3) is 0.417. The lowest BCUT2D eigenvalue weighted by atomic mass is 10.2. The molecule has 0 unspecified atom stereocenters. The molecule has 1 aromatic rings. The molecule has 1 saturated heterocycles. The molecule has 4 nitrogen and oxygen atoms in total. The molecule has 104 valence electrons. The minimum atomic E-state index is -1.63. The maximum absolute atomic E-state index is 13.4. The quantitative estimate of drug-likeness (QED) is 0.816. The van der Waals surface area contributed by atoms with E-state index in [0.717, 1.165) is 25.2 Å². The summed E-state index contributed by atoms with van der Waals surface area (Å²) in [6, 6.07) is 1.66. The second kappa shape index (κ2) is 5.58. The molecule has 2 rings (SSSR count). The molecular formula is C12H14F3N3O. The average Bonchev–Trinajstić information content (AvgIpc) is 2.39. The van der Waals surface area contributed by atoms with Crippen molar-refractivity contribution < 1.29 is 18.0 Å². The summed E-state index contributed by atoms with van der Waals surface area (Å²) in [5.41, 5.74) is 1.98. The molecule has 19 heavy (non-hydrogen) atoms. The summed E-state index contributed by atoms with van der Waals surface area (Å²) in [7, 11) is 1.95. The van der Waals surface area contributed by atoms with E-state index in [-0.39, 0.29) is 0 Å². The number of carbonyl (C=O) groups is 1. The summed E-state index contributed by atoms with van der Waals surface area (Å²) in [5, 5.41) is 1.63. The maximum Gasteiger partial charge on any atom is 0.268 e. The van der Waals surface area contributed by atoms with Gasteiger partial charge in [0.1, 0.15) is 0 Å². The molecule has 1 aliphatic heterocycles. The Morgan fingerprint density at radius 1 is 1.11 bits per heavy atom. The van der Waals surface area contributed by atoms with Crippen molar-refractivity contribution in [2.24, 2.45) is 0 Å². The van der Waals surface area contributed by atoms with Crippen LogP contribution in [0.1, 0.15) is 10.4 Å². The zero-order chi connectivity index (χ0) is 14.0. The molecule has 1 aromatic carbocycles. The number of piperazine rings is 1. The van der Waals surface area contributed by atoms with E-state index in [1.54, 1.807) is 5.01 Å². The Bertz CT molecular complexity index is 487. The van der Waals surface area contributed by atoms with E-state index in [0.29, 0.717) is 13.1 Å². The molecule has 0 radical (unpaired) electrons. The lowest BCUT2D eigenvalue weighted by Gasteiger charge is -2.32. The van der Waals surface area contributed by atoms with Gasteiger partial charge in [-0.1, -0.05) is 0 Å². The van der Waals surface area contributed by atoms with Crippen LogP contribution >= 0.6 is 0 Å². The molecular weight excluding hydrogens is 259 g/mol. The average molecular weight is 273 g/mol. The highest BCUT2D eigenvalue weighted by Gasteiger charge is 2.21. The molecule has 7 heteroatoms. The van der Waals surface area contributed by atoms with Gasteiger partial charge < -0.3 is 4.90 Å². The predicted octanol–water partition coefficient (Wildman–Crippen LogP) is 0.996. The monoisotopic (exact) mass is 273 g/mol. The van der Waals surface area contributed by atoms with Crippen LogP contribution in [-0.4, -0.2) is 49.0 Å². The first-order valence-corrected chi connectivity index (χ1v) is 5.87. The number of hydrogen-bond donors (Lipinski definition) is 1. The van der Waals surface area contributed by atoms with Crippen LogP contribution in [0.4, 0.5) is 13.2 Å². The van der Waals surface area contributed by atoms with Gasteiger partial charge in [0.2, 0.25) is 0 Å². The second-order valence-electron chi connectivity index (χ2n) is 4.45. The SMILES string of the molecule is CN1CCN(NC(=O)c2ccc(F)c(F)c2F)CC1. The van der Waals surface area contributed by atoms with Crippen molar-refractivity contribution in [2.75, 3.05) is 33.2 Å². The van der Waals surface area contributed by atoms with E-state index in [4.69, 9.17) is 0 Å². The Labute approximate surface area is 108 Å². The van der Waals surface area contributed by atoms with Gasteiger partial charge in [-0.15, -0.1) is 0 Å². The summed E-state index contributed by atoms with van der Waals surface area (Å²) in [6.45, 7) is 2.71. The summed E-state index contributed by atoms with van der Waals surface area (Å²) < 4.78 is 39.2. The summed E-state index contributed by atoms with van der Waals surface area (Å²) >= 11 is 0. The van der Waals surface area contributed by atoms with Crippen molar-refractivity contribution >= 4 is 5.91 Å². The molecule has 1 N–H and O–H groups in total. The van der Waals surface area contributed by atoms with Crippen molar-refractivity contribution in [1.82, 2.24) is 15.3 Å². The van der Waals surface area contributed by atoms with E-state index in [1.165, 1.54) is 0 Å². The van der Waals surface area contributed by atoms with Gasteiger partial charge >= 0.3 is 0 Å². The largest absolute Gasteiger partial charge is 0.304 e. The first kappa shape index (κ1) is 13.8. The Morgan fingerprint density at radius 2 is 1.74 bits per heavy atom. The predicted molar refractivity (Wildman–Crippen MR) is 62.9 cm³/mol. The maximum atomic E-state index is 13.4. The van der Waals surface area contributed by atoms with Gasteiger partial charge in [-0.05, 0) is 19.2 Å². The second-order valence-corrected chi connectivity index (χ2v) is 4.45. The van der Waals surface area contributed by atoms with Gasteiger partial charge in [0.25, 0.3) is 5.91 Å². The summed E-state index contributed by atoms with van der Waals surface area (Å²) in [6.07, 6.45) is 0. The minimum Gasteiger partial charge on any atom is -0.304 e. The minimum absolute atomic E-state index is 0.502. The van der Waals surface area contributed by atoms with Gasteiger partial charge in [-0.25, -0.2) is 18.2 Å². The standard InChI is InChI=1S/C12H14F3N3O/c1-17-4-6-18(7-5-17)16-12(19)8-2-3-9(13)11(15)10(8)14/h2-3H,4-7H2,1H3,(H,16,19). The Balaban J connectivity index is 2.06. The number of amides is 1. The number of rotatable bonds is 2. The van der Waals surface area contributed by atoms with Crippen molar-refractivity contribution in [3.8, 4) is 0 Å². The Kier molecular flexibility index (Phi) is 4.06. The van der Waals surface area contributed by atoms with E-state index in [9.17, 15) is 18.0 Å². The first-order chi connectivity index (χ1) is 8.99. The van der Waals surface area contributed by atoms with E-state index in [1.807, 2.05) is 7.05 Å². The normalized spacial score (nSPS) is 17.5. The summed E-state index contributed by atoms with van der Waals surface area (Å²) in [5.74, 6) is -5.19. The lowest BCUT2D eigenvalue weighted by molar-refractivity contribution is 0.0657. The van der Waals surface area contributed by atoms with Crippen LogP contribution in [0.5, 0.6) is 0 Å². The number of hydrogen-bond acceptors (Lipinski definition) is 3. The third-order valence-corrected chi connectivity index (χ3v) is 3.04. The Morgan fingerprint density at radius 3 is 2.37 bits per heavy atom. The van der Waals surface area contributed by atoms with E-state index < -0.39 is 28.9 Å². The molecule has 0 spiro atoms. The topological polar surface area (TPSA) is 35.6 Å². The highest BCUT2D eigenvalue weighted by molar-refractivity contribution is 5.94. The van der Waals surface area contributed by atoms with Crippen LogP contribution in [0.3, 0.4) is 0 Å². The smallest absolute Gasteiger partial charge is 0.268 e. The van der Waals surface area contributed by atoms with Gasteiger partial charge in [0, 0.05) is 26.2 Å². The van der Waals surface area contributed by atoms with Crippen LogP contribution in [0.15, 0.2) is 12.1 Å². The van der Waals surface area contributed by atoms with Crippen LogP contribution < -0.4 is 5.43 Å². The number of hydrazine groups is 1.